The van der Waals surface area contributed by atoms with E-state index in [2.05, 4.69) is 0 Å². The molecule has 0 fully saturated rings. The van der Waals surface area contributed by atoms with Crippen LogP contribution in [0, 0.1) is 13.8 Å². The number of hydrogen-bond donors (Lipinski definition) is 0. The van der Waals surface area contributed by atoms with Gasteiger partial charge < -0.3 is 9.47 Å². The molecule has 0 N–H and O–H groups in total. The SMILES string of the molecule is Cc1ccc(/C=C2\Oc3c(ccc(OCc4ccc(Cl)cc4Cl)c3C)C2=O)cc1. The molecule has 0 atom stereocenters. The lowest BCUT2D eigenvalue weighted by molar-refractivity contribution is 0.101. The summed E-state index contributed by atoms with van der Waals surface area (Å²) in [5.74, 6) is 1.35. The van der Waals surface area contributed by atoms with E-state index in [9.17, 15) is 4.79 Å². The Hall–Kier alpha value is -2.75. The van der Waals surface area contributed by atoms with Crippen LogP contribution in [0.5, 0.6) is 11.5 Å². The van der Waals surface area contributed by atoms with E-state index in [1.165, 1.54) is 0 Å². The molecule has 1 heterocycles. The van der Waals surface area contributed by atoms with E-state index < -0.39 is 0 Å². The standard InChI is InChI=1S/C24H18Cl2O3/c1-14-3-5-16(6-4-14)11-22-23(27)19-9-10-21(15(2)24(19)29-22)28-13-17-7-8-18(25)12-20(17)26/h3-12H,13H2,1-2H3/b22-11-. The molecule has 0 amide bonds. The van der Waals surface area contributed by atoms with Crippen LogP contribution in [0.1, 0.15) is 32.6 Å². The highest BCUT2D eigenvalue weighted by Crippen LogP contribution is 2.39. The molecule has 0 aromatic heterocycles. The van der Waals surface area contributed by atoms with Crippen molar-refractivity contribution in [1.29, 1.82) is 0 Å². The summed E-state index contributed by atoms with van der Waals surface area (Å²) < 4.78 is 11.8. The van der Waals surface area contributed by atoms with Gasteiger partial charge in [-0.25, -0.2) is 0 Å². The van der Waals surface area contributed by atoms with Crippen LogP contribution in [0.25, 0.3) is 6.08 Å². The van der Waals surface area contributed by atoms with E-state index in [0.29, 0.717) is 32.9 Å². The van der Waals surface area contributed by atoms with Gasteiger partial charge in [0.2, 0.25) is 5.78 Å². The zero-order valence-electron chi connectivity index (χ0n) is 16.0. The van der Waals surface area contributed by atoms with Crippen molar-refractivity contribution in [2.75, 3.05) is 0 Å². The monoisotopic (exact) mass is 424 g/mol. The lowest BCUT2D eigenvalue weighted by Gasteiger charge is -2.12. The lowest BCUT2D eigenvalue weighted by atomic mass is 10.1. The Bertz CT molecular complexity index is 1130. The fourth-order valence-corrected chi connectivity index (χ4v) is 3.60. The average Bonchev–Trinajstić information content (AvgIpc) is 3.01. The number of Topliss-reactive ketones (excluding diaryl/α,β-unsaturated/α-hetero) is 1. The van der Waals surface area contributed by atoms with Crippen molar-refractivity contribution in [3.05, 3.63) is 98.2 Å². The summed E-state index contributed by atoms with van der Waals surface area (Å²) in [6, 6.07) is 16.7. The van der Waals surface area contributed by atoms with Gasteiger partial charge in [0, 0.05) is 21.2 Å². The van der Waals surface area contributed by atoms with Gasteiger partial charge in [-0.05, 0) is 49.8 Å². The maximum atomic E-state index is 12.7. The van der Waals surface area contributed by atoms with Gasteiger partial charge in [0.05, 0.1) is 5.56 Å². The second kappa shape index (κ2) is 7.94. The number of hydrogen-bond acceptors (Lipinski definition) is 3. The number of carbonyl (C=O) groups excluding carboxylic acids is 1. The van der Waals surface area contributed by atoms with Crippen LogP contribution in [0.15, 0.2) is 60.4 Å². The van der Waals surface area contributed by atoms with Crippen LogP contribution in [-0.4, -0.2) is 5.78 Å². The fourth-order valence-electron chi connectivity index (χ4n) is 3.13. The van der Waals surface area contributed by atoms with E-state index in [1.807, 2.05) is 44.2 Å². The maximum Gasteiger partial charge on any atom is 0.231 e. The van der Waals surface area contributed by atoms with Gasteiger partial charge in [-0.15, -0.1) is 0 Å². The highest BCUT2D eigenvalue weighted by molar-refractivity contribution is 6.35. The third kappa shape index (κ3) is 4.02. The van der Waals surface area contributed by atoms with Crippen LogP contribution in [-0.2, 0) is 6.61 Å². The Morgan fingerprint density at radius 3 is 2.48 bits per heavy atom. The summed E-state index contributed by atoms with van der Waals surface area (Å²) in [7, 11) is 0. The molecule has 3 aromatic rings. The number of halogens is 2. The third-order valence-corrected chi connectivity index (χ3v) is 5.40. The summed E-state index contributed by atoms with van der Waals surface area (Å²) in [5, 5.41) is 1.12. The minimum absolute atomic E-state index is 0.129. The number of ether oxygens (including phenoxy) is 2. The Morgan fingerprint density at radius 1 is 1.00 bits per heavy atom. The second-order valence-electron chi connectivity index (χ2n) is 6.94. The zero-order chi connectivity index (χ0) is 20.5. The topological polar surface area (TPSA) is 35.5 Å². The van der Waals surface area contributed by atoms with Crippen LogP contribution in [0.4, 0.5) is 0 Å². The molecule has 3 nitrogen and oxygen atoms in total. The Balaban J connectivity index is 1.57. The van der Waals surface area contributed by atoms with Crippen LogP contribution in [0.3, 0.4) is 0 Å². The van der Waals surface area contributed by atoms with E-state index in [0.717, 1.165) is 22.3 Å². The van der Waals surface area contributed by atoms with Crippen molar-refractivity contribution in [2.45, 2.75) is 20.5 Å². The van der Waals surface area contributed by atoms with Gasteiger partial charge in [0.1, 0.15) is 18.1 Å². The quantitative estimate of drug-likeness (QED) is 0.431. The predicted octanol–water partition coefficient (Wildman–Crippen LogP) is 6.81. The van der Waals surface area contributed by atoms with Crippen molar-refractivity contribution in [2.24, 2.45) is 0 Å². The number of allylic oxidation sites excluding steroid dienone is 1. The molecule has 0 aliphatic carbocycles. The van der Waals surface area contributed by atoms with E-state index in [1.54, 1.807) is 30.3 Å². The highest BCUT2D eigenvalue weighted by atomic mass is 35.5. The minimum atomic E-state index is -0.129. The molecule has 0 bridgehead atoms. The van der Waals surface area contributed by atoms with Crippen LogP contribution < -0.4 is 9.47 Å². The number of carbonyl (C=O) groups is 1. The summed E-state index contributed by atoms with van der Waals surface area (Å²) in [5.41, 5.74) is 4.21. The van der Waals surface area contributed by atoms with Crippen molar-refractivity contribution in [1.82, 2.24) is 0 Å². The van der Waals surface area contributed by atoms with Gasteiger partial charge in [-0.2, -0.15) is 0 Å². The normalized spacial score (nSPS) is 14.1. The van der Waals surface area contributed by atoms with Gasteiger partial charge >= 0.3 is 0 Å². The highest BCUT2D eigenvalue weighted by Gasteiger charge is 2.30. The fraction of sp³-hybridized carbons (Fsp3) is 0.125. The molecule has 3 aromatic carbocycles. The Morgan fingerprint density at radius 2 is 1.76 bits per heavy atom. The van der Waals surface area contributed by atoms with Gasteiger partial charge in [-0.3, -0.25) is 4.79 Å². The van der Waals surface area contributed by atoms with Crippen LogP contribution in [0.2, 0.25) is 10.0 Å². The number of fused-ring (bicyclic) bond motifs is 1. The smallest absolute Gasteiger partial charge is 0.231 e. The summed E-state index contributed by atoms with van der Waals surface area (Å²) in [4.78, 5) is 12.7. The minimum Gasteiger partial charge on any atom is -0.488 e. The largest absolute Gasteiger partial charge is 0.488 e. The lowest BCUT2D eigenvalue weighted by Crippen LogP contribution is -1.99. The average molecular weight is 425 g/mol. The number of benzene rings is 3. The molecule has 0 unspecified atom stereocenters. The first-order valence-electron chi connectivity index (χ1n) is 9.13. The number of rotatable bonds is 4. The summed E-state index contributed by atoms with van der Waals surface area (Å²) >= 11 is 12.2. The second-order valence-corrected chi connectivity index (χ2v) is 7.78. The van der Waals surface area contributed by atoms with Crippen molar-refractivity contribution >= 4 is 35.1 Å². The van der Waals surface area contributed by atoms with Crippen molar-refractivity contribution in [3.63, 3.8) is 0 Å². The first-order chi connectivity index (χ1) is 13.9. The van der Waals surface area contributed by atoms with Gasteiger partial charge in [0.15, 0.2) is 5.76 Å². The summed E-state index contributed by atoms with van der Waals surface area (Å²) in [6.45, 7) is 4.18. The molecule has 1 aliphatic rings. The summed E-state index contributed by atoms with van der Waals surface area (Å²) in [6.07, 6.45) is 1.76. The molecule has 0 saturated heterocycles. The zero-order valence-corrected chi connectivity index (χ0v) is 17.5. The Labute approximate surface area is 179 Å². The van der Waals surface area contributed by atoms with Gasteiger partial charge in [-0.1, -0.05) is 59.1 Å². The molecule has 0 radical (unpaired) electrons. The molecule has 0 spiro atoms. The first kappa shape index (κ1) is 19.6. The third-order valence-electron chi connectivity index (χ3n) is 4.81. The van der Waals surface area contributed by atoms with Crippen molar-refractivity contribution < 1.29 is 14.3 Å². The Kier molecular flexibility index (Phi) is 5.35. The molecule has 1 aliphatic heterocycles. The number of aryl methyl sites for hydroxylation is 1. The van der Waals surface area contributed by atoms with Crippen molar-refractivity contribution in [3.8, 4) is 11.5 Å². The molecule has 146 valence electrons. The molecule has 5 heteroatoms. The predicted molar refractivity (Wildman–Crippen MR) is 116 cm³/mol. The molecule has 0 saturated carbocycles. The van der Waals surface area contributed by atoms with E-state index >= 15 is 0 Å². The molecular weight excluding hydrogens is 407 g/mol. The van der Waals surface area contributed by atoms with E-state index in [-0.39, 0.29) is 12.4 Å². The molecule has 29 heavy (non-hydrogen) atoms. The maximum absolute atomic E-state index is 12.7. The first-order valence-corrected chi connectivity index (χ1v) is 9.89. The van der Waals surface area contributed by atoms with Gasteiger partial charge in [0.25, 0.3) is 0 Å². The van der Waals surface area contributed by atoms with Crippen LogP contribution >= 0.6 is 23.2 Å². The molecule has 4 rings (SSSR count). The van der Waals surface area contributed by atoms with E-state index in [4.69, 9.17) is 32.7 Å². The molecular formula is C24H18Cl2O3. The number of ketones is 1.